The van der Waals surface area contributed by atoms with E-state index in [1.54, 1.807) is 11.3 Å². The predicted octanol–water partition coefficient (Wildman–Crippen LogP) is 3.71. The van der Waals surface area contributed by atoms with Gasteiger partial charge in [0.25, 0.3) is 0 Å². The number of anilines is 2. The number of hydrogen-bond donors (Lipinski definition) is 2. The monoisotopic (exact) mass is 344 g/mol. The number of rotatable bonds is 4. The summed E-state index contributed by atoms with van der Waals surface area (Å²) in [6.45, 7) is 3.45. The molecule has 0 aliphatic heterocycles. The Labute approximate surface area is 142 Å². The number of nitrogens with two attached hydrogens (primary N) is 1. The van der Waals surface area contributed by atoms with E-state index < -0.39 is 0 Å². The fraction of sp³-hybridized carbons (Fsp3) is 0.188. The van der Waals surface area contributed by atoms with Crippen molar-refractivity contribution in [2.45, 2.75) is 20.3 Å². The molecule has 0 atom stereocenters. The molecule has 0 saturated carbocycles. The van der Waals surface area contributed by atoms with Gasteiger partial charge in [-0.25, -0.2) is 9.97 Å². The molecule has 0 aliphatic rings. The van der Waals surface area contributed by atoms with E-state index in [2.05, 4.69) is 15.3 Å². The van der Waals surface area contributed by atoms with E-state index in [1.165, 1.54) is 18.3 Å². The fourth-order valence-corrected chi connectivity index (χ4v) is 3.92. The molecule has 118 valence electrons. The van der Waals surface area contributed by atoms with Crippen LogP contribution in [0.25, 0.3) is 10.6 Å². The number of carbonyl (C=O) groups is 1. The second-order valence-corrected chi connectivity index (χ2v) is 7.12. The van der Waals surface area contributed by atoms with Gasteiger partial charge in [0.05, 0.1) is 21.3 Å². The molecule has 1 amide bonds. The molecule has 1 aromatic carbocycles. The lowest BCUT2D eigenvalue weighted by Crippen LogP contribution is -2.05. The van der Waals surface area contributed by atoms with E-state index in [0.29, 0.717) is 5.13 Å². The largest absolute Gasteiger partial charge is 0.375 e. The van der Waals surface area contributed by atoms with Gasteiger partial charge in [0.2, 0.25) is 5.91 Å². The number of thiazole rings is 2. The van der Waals surface area contributed by atoms with E-state index in [4.69, 9.17) is 5.73 Å². The molecular weight excluding hydrogens is 328 g/mol. The summed E-state index contributed by atoms with van der Waals surface area (Å²) in [5.41, 5.74) is 9.56. The molecule has 23 heavy (non-hydrogen) atoms. The summed E-state index contributed by atoms with van der Waals surface area (Å²) in [6.07, 6.45) is 0.762. The number of carbonyl (C=O) groups excluding carboxylic acids is 1. The first-order valence-electron chi connectivity index (χ1n) is 7.05. The van der Waals surface area contributed by atoms with E-state index in [1.807, 2.05) is 36.6 Å². The van der Waals surface area contributed by atoms with Crippen molar-refractivity contribution in [2.75, 3.05) is 11.1 Å². The van der Waals surface area contributed by atoms with Crippen molar-refractivity contribution in [3.8, 4) is 10.6 Å². The van der Waals surface area contributed by atoms with E-state index >= 15 is 0 Å². The van der Waals surface area contributed by atoms with Crippen molar-refractivity contribution in [2.24, 2.45) is 0 Å². The molecule has 0 aliphatic carbocycles. The van der Waals surface area contributed by atoms with Crippen LogP contribution in [0.5, 0.6) is 0 Å². The Morgan fingerprint density at radius 3 is 2.61 bits per heavy atom. The number of nitrogens with zero attached hydrogens (tertiary/aromatic N) is 2. The number of benzene rings is 1. The van der Waals surface area contributed by atoms with E-state index in [0.717, 1.165) is 38.9 Å². The van der Waals surface area contributed by atoms with Crippen molar-refractivity contribution < 1.29 is 4.79 Å². The van der Waals surface area contributed by atoms with Gasteiger partial charge >= 0.3 is 0 Å². The molecule has 0 bridgehead atoms. The zero-order chi connectivity index (χ0) is 16.4. The van der Waals surface area contributed by atoms with Crippen LogP contribution < -0.4 is 11.1 Å². The number of aromatic nitrogens is 2. The van der Waals surface area contributed by atoms with Gasteiger partial charge in [-0.05, 0) is 24.6 Å². The Balaban J connectivity index is 1.74. The van der Waals surface area contributed by atoms with Crippen molar-refractivity contribution in [1.29, 1.82) is 0 Å². The smallest absolute Gasteiger partial charge is 0.221 e. The summed E-state index contributed by atoms with van der Waals surface area (Å²) in [5, 5.41) is 6.41. The Bertz CT molecular complexity index is 836. The first-order valence-corrected chi connectivity index (χ1v) is 8.75. The van der Waals surface area contributed by atoms with Gasteiger partial charge in [0, 0.05) is 24.4 Å². The molecule has 0 spiro atoms. The third kappa shape index (κ3) is 3.75. The van der Waals surface area contributed by atoms with Crippen molar-refractivity contribution in [3.63, 3.8) is 0 Å². The highest BCUT2D eigenvalue weighted by atomic mass is 32.1. The Hall–Kier alpha value is -2.25. The molecule has 5 nitrogen and oxygen atoms in total. The van der Waals surface area contributed by atoms with Crippen LogP contribution in [0, 0.1) is 6.92 Å². The second kappa shape index (κ2) is 6.47. The van der Waals surface area contributed by atoms with Gasteiger partial charge in [-0.1, -0.05) is 23.5 Å². The fourth-order valence-electron chi connectivity index (χ4n) is 2.24. The number of aryl methyl sites for hydroxylation is 1. The molecule has 0 unspecified atom stereocenters. The van der Waals surface area contributed by atoms with Crippen molar-refractivity contribution in [3.05, 3.63) is 45.9 Å². The molecule has 2 aromatic heterocycles. The summed E-state index contributed by atoms with van der Waals surface area (Å²) in [7, 11) is 0. The highest BCUT2D eigenvalue weighted by Crippen LogP contribution is 2.32. The first-order chi connectivity index (χ1) is 11.0. The van der Waals surface area contributed by atoms with Crippen LogP contribution >= 0.6 is 22.7 Å². The summed E-state index contributed by atoms with van der Waals surface area (Å²) < 4.78 is 0. The van der Waals surface area contributed by atoms with Gasteiger partial charge < -0.3 is 11.1 Å². The lowest BCUT2D eigenvalue weighted by molar-refractivity contribution is -0.114. The maximum absolute atomic E-state index is 11.0. The maximum atomic E-state index is 11.0. The van der Waals surface area contributed by atoms with Crippen LogP contribution in [0.1, 0.15) is 23.2 Å². The molecule has 0 radical (unpaired) electrons. The summed E-state index contributed by atoms with van der Waals surface area (Å²) in [4.78, 5) is 21.0. The molecule has 7 heteroatoms. The Morgan fingerprint density at radius 2 is 2.00 bits per heavy atom. The highest BCUT2D eigenvalue weighted by molar-refractivity contribution is 7.19. The average Bonchev–Trinajstić information content (AvgIpc) is 3.07. The Kier molecular flexibility index (Phi) is 4.40. The van der Waals surface area contributed by atoms with Gasteiger partial charge in [0.15, 0.2) is 5.13 Å². The minimum atomic E-state index is -0.0680. The van der Waals surface area contributed by atoms with Crippen LogP contribution in [0.4, 0.5) is 10.8 Å². The summed E-state index contributed by atoms with van der Waals surface area (Å²) in [5.74, 6) is -0.0680. The molecule has 3 aromatic rings. The van der Waals surface area contributed by atoms with Crippen LogP contribution in [-0.2, 0) is 11.2 Å². The van der Waals surface area contributed by atoms with Crippen molar-refractivity contribution in [1.82, 2.24) is 9.97 Å². The quantitative estimate of drug-likeness (QED) is 0.756. The molecule has 0 fully saturated rings. The molecule has 3 N–H and O–H groups in total. The number of nitrogen functional groups attached to an aromatic ring is 1. The number of amides is 1. The molecule has 3 rings (SSSR count). The van der Waals surface area contributed by atoms with E-state index in [-0.39, 0.29) is 5.91 Å². The third-order valence-corrected chi connectivity index (χ3v) is 5.09. The van der Waals surface area contributed by atoms with Gasteiger partial charge in [-0.2, -0.15) is 0 Å². The first kappa shape index (κ1) is 15.6. The molecule has 0 saturated heterocycles. The van der Waals surface area contributed by atoms with E-state index in [9.17, 15) is 4.79 Å². The lowest BCUT2D eigenvalue weighted by atomic mass is 10.1. The zero-order valence-corrected chi connectivity index (χ0v) is 14.4. The summed E-state index contributed by atoms with van der Waals surface area (Å²) >= 11 is 3.09. The SMILES string of the molecule is CC(=O)Nc1ccc(Cc2nc(-c3sc(N)nc3C)cs2)cc1. The number of hydrogen-bond acceptors (Lipinski definition) is 6. The minimum Gasteiger partial charge on any atom is -0.375 e. The van der Waals surface area contributed by atoms with Crippen LogP contribution in [0.15, 0.2) is 29.6 Å². The second-order valence-electron chi connectivity index (χ2n) is 5.15. The average molecular weight is 344 g/mol. The summed E-state index contributed by atoms with van der Waals surface area (Å²) in [6, 6.07) is 7.81. The lowest BCUT2D eigenvalue weighted by Gasteiger charge is -2.03. The normalized spacial score (nSPS) is 10.7. The van der Waals surface area contributed by atoms with Gasteiger partial charge in [-0.3, -0.25) is 4.79 Å². The van der Waals surface area contributed by atoms with Crippen LogP contribution in [0.3, 0.4) is 0 Å². The highest BCUT2D eigenvalue weighted by Gasteiger charge is 2.12. The van der Waals surface area contributed by atoms with Crippen LogP contribution in [-0.4, -0.2) is 15.9 Å². The van der Waals surface area contributed by atoms with Gasteiger partial charge in [0.1, 0.15) is 0 Å². The standard InChI is InChI=1S/C16H16N4OS2/c1-9-15(23-16(17)18-9)13-8-22-14(20-13)7-11-3-5-12(6-4-11)19-10(2)21/h3-6,8H,7H2,1-2H3,(H2,17,18)(H,19,21). The third-order valence-electron chi connectivity index (χ3n) is 3.23. The zero-order valence-electron chi connectivity index (χ0n) is 12.8. The molecular formula is C16H16N4OS2. The number of nitrogens with one attached hydrogen (secondary N) is 1. The van der Waals surface area contributed by atoms with Crippen molar-refractivity contribution >= 4 is 39.4 Å². The molecule has 2 heterocycles. The minimum absolute atomic E-state index is 0.0680. The Morgan fingerprint density at radius 1 is 1.26 bits per heavy atom. The predicted molar refractivity (Wildman–Crippen MR) is 95.9 cm³/mol. The van der Waals surface area contributed by atoms with Crippen LogP contribution in [0.2, 0.25) is 0 Å². The topological polar surface area (TPSA) is 80.9 Å². The maximum Gasteiger partial charge on any atom is 0.221 e. The van der Waals surface area contributed by atoms with Gasteiger partial charge in [-0.15, -0.1) is 11.3 Å².